The van der Waals surface area contributed by atoms with E-state index < -0.39 is 16.2 Å². The number of thiophene rings is 1. The largest absolute Gasteiger partial charge is 0.455 e. The van der Waals surface area contributed by atoms with Crippen molar-refractivity contribution in [1.82, 2.24) is 0 Å². The molecule has 0 radical (unpaired) electrons. The molecule has 0 fully saturated rings. The summed E-state index contributed by atoms with van der Waals surface area (Å²) in [5.41, 5.74) is 40.0. The topological polar surface area (TPSA) is 24.9 Å². The second kappa shape index (κ2) is 33.5. The summed E-state index contributed by atoms with van der Waals surface area (Å²) in [7, 11) is 0. The van der Waals surface area contributed by atoms with Crippen molar-refractivity contribution in [3.63, 3.8) is 0 Å². The summed E-state index contributed by atoms with van der Waals surface area (Å²) in [4.78, 5) is 4.85. The lowest BCUT2D eigenvalue weighted by Gasteiger charge is -2.40. The number of ether oxygens (including phenoxy) is 2. The van der Waals surface area contributed by atoms with Crippen LogP contribution in [0.15, 0.2) is 546 Å². The van der Waals surface area contributed by atoms with E-state index >= 15 is 0 Å². The Morgan fingerprint density at radius 1 is 0.160 bits per heavy atom. The van der Waals surface area contributed by atoms with Crippen molar-refractivity contribution in [3.8, 4) is 123 Å². The molecule has 2 spiro atoms. The van der Waals surface area contributed by atoms with Gasteiger partial charge in [0.15, 0.2) is 0 Å². The van der Waals surface area contributed by atoms with Crippen LogP contribution in [-0.4, -0.2) is 0 Å². The molecule has 0 N–H and O–H groups in total. The van der Waals surface area contributed by atoms with Crippen LogP contribution in [0.25, 0.3) is 163 Å². The zero-order valence-corrected chi connectivity index (χ0v) is 82.4. The van der Waals surface area contributed by atoms with Gasteiger partial charge in [-0.3, -0.25) is 0 Å². The Labute approximate surface area is 873 Å². The minimum absolute atomic E-state index is 0.559. The van der Waals surface area contributed by atoms with Gasteiger partial charge < -0.3 is 19.3 Å². The molecule has 0 saturated heterocycles. The zero-order valence-electron chi connectivity index (χ0n) is 81.6. The Balaban J connectivity index is 0.499. The monoisotopic (exact) mass is 1920 g/mol. The summed E-state index contributed by atoms with van der Waals surface area (Å²) in [6, 6.07) is 204. The van der Waals surface area contributed by atoms with E-state index in [-0.39, 0.29) is 0 Å². The van der Waals surface area contributed by atoms with E-state index in [4.69, 9.17) is 9.47 Å². The van der Waals surface area contributed by atoms with Crippen molar-refractivity contribution in [2.24, 2.45) is 0 Å². The summed E-state index contributed by atoms with van der Waals surface area (Å²) in [5, 5.41) is 11.5. The number of fused-ring (bicyclic) bond motifs is 32. The van der Waals surface area contributed by atoms with E-state index in [1.54, 1.807) is 0 Å². The van der Waals surface area contributed by atoms with E-state index in [1.165, 1.54) is 126 Å². The highest BCUT2D eigenvalue weighted by atomic mass is 32.1. The van der Waals surface area contributed by atoms with Crippen LogP contribution < -0.4 is 19.3 Å². The van der Waals surface area contributed by atoms with Gasteiger partial charge in [-0.2, -0.15) is 0 Å². The molecule has 0 saturated carbocycles. The molecule has 2 aliphatic heterocycles. The van der Waals surface area contributed by atoms with Crippen molar-refractivity contribution in [1.29, 1.82) is 0 Å². The third-order valence-electron chi connectivity index (χ3n) is 33.1. The van der Waals surface area contributed by atoms with Gasteiger partial charge in [0.1, 0.15) is 23.0 Å². The first-order valence-corrected chi connectivity index (χ1v) is 52.7. The molecule has 0 bridgehead atoms. The van der Waals surface area contributed by atoms with Crippen LogP contribution in [0.2, 0.25) is 0 Å². The van der Waals surface area contributed by atoms with E-state index in [0.717, 1.165) is 161 Å². The third-order valence-corrected chi connectivity index (χ3v) is 34.3. The first-order chi connectivity index (χ1) is 74.3. The quantitative estimate of drug-likeness (QED) is 0.108. The second-order valence-electron chi connectivity index (χ2n) is 40.5. The van der Waals surface area contributed by atoms with Crippen LogP contribution in [-0.2, 0) is 16.2 Å². The van der Waals surface area contributed by atoms with Crippen LogP contribution in [0.4, 0.5) is 34.1 Å². The molecule has 25 aromatic carbocycles. The molecule has 26 aromatic rings. The number of hydrogen-bond acceptors (Lipinski definition) is 5. The van der Waals surface area contributed by atoms with Gasteiger partial charge in [0.05, 0.1) is 16.2 Å². The highest BCUT2D eigenvalue weighted by Crippen LogP contribution is 2.69. The molecule has 1 aromatic heterocycles. The van der Waals surface area contributed by atoms with Crippen molar-refractivity contribution in [3.05, 3.63) is 613 Å². The average molecular weight is 1920 g/mol. The lowest BCUT2D eigenvalue weighted by atomic mass is 9.65. The second-order valence-corrected chi connectivity index (χ2v) is 41.6. The lowest BCUT2D eigenvalue weighted by molar-refractivity contribution is 0.447. The standard InChI is InChI=1S/C145H90N2O2S/c1-4-26-91(27-5-1)93-56-71-107(72-57-93)146(109-79-64-101(65-80-109)117-43-24-44-122-121-40-19-23-49-136(121)150-142(117)122)108-77-62-100(63-78-108)113-42-25-48-130-137(113)123-41-18-22-47-128(123)144(130)131-83-67-97-28-10-13-35-114(97)138(131)149-141-124-88-103(55-54-102(124)70-86-134(141)144)95-52-50-92(51-53-95)94-58-73-110(74-59-94)147(112-81-87-129-125(90-112)119-39-17-20-45-126(119)143(129,105-31-6-2-7-32-105)106-33-8-3-9-34-106)111-75-60-96(61-76-111)104-66-82-120-118-38-16-21-46-127(118)145(135(120)89-104)132-84-68-98-29-11-14-36-115(98)139(132)148-140-116-37-15-12-30-99(116)69-85-133(140)145/h1-90H. The number of benzene rings is 25. The Kier molecular flexibility index (Phi) is 19.1. The number of nitrogens with zero attached hydrogens (tertiary/aromatic N) is 2. The molecule has 5 aliphatic rings. The molecule has 1 unspecified atom stereocenters. The first kappa shape index (κ1) is 85.4. The van der Waals surface area contributed by atoms with Gasteiger partial charge in [0.2, 0.25) is 0 Å². The van der Waals surface area contributed by atoms with E-state index in [9.17, 15) is 0 Å². The third kappa shape index (κ3) is 12.6. The van der Waals surface area contributed by atoms with Crippen molar-refractivity contribution >= 4 is 109 Å². The highest BCUT2D eigenvalue weighted by Gasteiger charge is 2.55. The van der Waals surface area contributed by atoms with Gasteiger partial charge in [0, 0.05) is 98.1 Å². The summed E-state index contributed by atoms with van der Waals surface area (Å²) < 4.78 is 17.7. The normalized spacial score (nSPS) is 14.1. The fraction of sp³-hybridized carbons (Fsp3) is 0.0207. The Bertz CT molecular complexity index is 9930. The molecular formula is C145H90N2O2S. The average Bonchev–Trinajstić information content (AvgIpc) is 1.49. The maximum Gasteiger partial charge on any atom is 0.140 e. The molecule has 1 atom stereocenters. The minimum atomic E-state index is -0.772. The number of hydrogen-bond donors (Lipinski definition) is 0. The molecule has 698 valence electrons. The molecule has 0 amide bonds. The molecule has 5 heteroatoms. The van der Waals surface area contributed by atoms with Crippen LogP contribution in [0.3, 0.4) is 0 Å². The van der Waals surface area contributed by atoms with E-state index in [2.05, 4.69) is 556 Å². The predicted molar refractivity (Wildman–Crippen MR) is 623 cm³/mol. The maximum atomic E-state index is 7.75. The van der Waals surface area contributed by atoms with E-state index in [1.807, 2.05) is 11.3 Å². The van der Waals surface area contributed by atoms with Crippen molar-refractivity contribution in [2.45, 2.75) is 16.2 Å². The number of anilines is 6. The van der Waals surface area contributed by atoms with Crippen LogP contribution in [0.1, 0.15) is 66.8 Å². The predicted octanol–water partition coefficient (Wildman–Crippen LogP) is 38.9. The smallest absolute Gasteiger partial charge is 0.140 e. The van der Waals surface area contributed by atoms with Gasteiger partial charge in [-0.05, 0) is 257 Å². The Morgan fingerprint density at radius 2 is 0.473 bits per heavy atom. The van der Waals surface area contributed by atoms with Gasteiger partial charge in [-0.1, -0.05) is 455 Å². The highest BCUT2D eigenvalue weighted by molar-refractivity contribution is 7.26. The minimum Gasteiger partial charge on any atom is -0.455 e. The summed E-state index contributed by atoms with van der Waals surface area (Å²) in [6.07, 6.45) is 0. The van der Waals surface area contributed by atoms with Crippen LogP contribution in [0, 0.1) is 0 Å². The maximum absolute atomic E-state index is 7.75. The van der Waals surface area contributed by atoms with Crippen molar-refractivity contribution in [2.75, 3.05) is 9.80 Å². The Morgan fingerprint density at radius 3 is 1.01 bits per heavy atom. The molecule has 31 rings (SSSR count). The summed E-state index contributed by atoms with van der Waals surface area (Å²) in [6.45, 7) is 0. The van der Waals surface area contributed by atoms with Crippen molar-refractivity contribution < 1.29 is 9.47 Å². The molecule has 3 heterocycles. The van der Waals surface area contributed by atoms with Gasteiger partial charge in [-0.25, -0.2) is 0 Å². The fourth-order valence-corrected chi connectivity index (χ4v) is 27.7. The lowest BCUT2D eigenvalue weighted by Crippen LogP contribution is -2.32. The molecule has 4 nitrogen and oxygen atoms in total. The molecule has 3 aliphatic carbocycles. The molecule has 150 heavy (non-hydrogen) atoms. The van der Waals surface area contributed by atoms with Gasteiger partial charge in [0.25, 0.3) is 0 Å². The molecular weight excluding hydrogens is 1830 g/mol. The number of rotatable bonds is 14. The van der Waals surface area contributed by atoms with Gasteiger partial charge >= 0.3 is 0 Å². The van der Waals surface area contributed by atoms with Crippen LogP contribution in [0.5, 0.6) is 23.0 Å². The summed E-state index contributed by atoms with van der Waals surface area (Å²) in [5.74, 6) is 3.56. The van der Waals surface area contributed by atoms with E-state index in [0.29, 0.717) is 0 Å². The van der Waals surface area contributed by atoms with Crippen LogP contribution >= 0.6 is 11.3 Å². The van der Waals surface area contributed by atoms with Gasteiger partial charge in [-0.15, -0.1) is 11.3 Å². The first-order valence-electron chi connectivity index (χ1n) is 51.9. The zero-order chi connectivity index (χ0) is 98.4. The Hall–Kier alpha value is -19.0. The summed E-state index contributed by atoms with van der Waals surface area (Å²) >= 11 is 1.87. The fourth-order valence-electron chi connectivity index (χ4n) is 26.4. The SMILES string of the molecule is c1ccc(-c2ccc(N(c3ccc(-c4cccc5c4-c4ccccc4C54c5ccc6ccccc6c5Oc5c4ccc4ccc(-c6ccc(-c7ccc(N(c8ccc(-c9ccc%10c(c9)C9(c%11ccccc%11-%10)c%10ccc%11ccccc%11c%10Oc%10c9ccc9ccccc%109)cc8)c8ccc9c(c8)-c8ccccc8C9(c8ccccc8)c8ccccc8)cc7)cc6)cc54)cc3)c3ccc(-c4cccc5c4sc4ccccc45)cc3)cc2)cc1.